The van der Waals surface area contributed by atoms with Crippen LogP contribution in [0.25, 0.3) is 11.0 Å². The molecule has 4 aromatic rings. The molecule has 4 rings (SSSR count). The van der Waals surface area contributed by atoms with Gasteiger partial charge in [-0.25, -0.2) is 0 Å². The molecular weight excluding hydrogens is 438 g/mol. The number of carbonyl (C=O) groups excluding carboxylic acids is 2. The fraction of sp³-hybridized carbons (Fsp3) is 0.0800. The summed E-state index contributed by atoms with van der Waals surface area (Å²) in [6, 6.07) is 21.2. The predicted molar refractivity (Wildman–Crippen MR) is 132 cm³/mol. The number of aryl methyl sites for hydroxylation is 1. The number of furan rings is 1. The van der Waals surface area contributed by atoms with E-state index in [4.69, 9.17) is 21.4 Å². The molecule has 0 aliphatic heterocycles. The molecule has 0 bridgehead atoms. The molecule has 3 aromatic carbocycles. The van der Waals surface area contributed by atoms with Crippen molar-refractivity contribution >= 4 is 51.5 Å². The number of amides is 2. The van der Waals surface area contributed by atoms with E-state index < -0.39 is 0 Å². The molecule has 0 radical (unpaired) electrons. The molecule has 0 saturated heterocycles. The first-order chi connectivity index (χ1) is 15.9. The van der Waals surface area contributed by atoms with Crippen molar-refractivity contribution in [3.8, 4) is 5.75 Å². The summed E-state index contributed by atoms with van der Waals surface area (Å²) in [6.45, 7) is 1.86. The van der Waals surface area contributed by atoms with Crippen LogP contribution in [0.1, 0.15) is 26.5 Å². The van der Waals surface area contributed by atoms with E-state index in [9.17, 15) is 9.59 Å². The first-order valence-corrected chi connectivity index (χ1v) is 10.5. The maximum absolute atomic E-state index is 12.6. The van der Waals surface area contributed by atoms with Gasteiger partial charge in [-0.2, -0.15) is 0 Å². The van der Waals surface area contributed by atoms with Gasteiger partial charge in [-0.3, -0.25) is 14.9 Å². The summed E-state index contributed by atoms with van der Waals surface area (Å²) in [5, 5.41) is 9.50. The normalized spacial score (nSPS) is 10.5. The summed E-state index contributed by atoms with van der Waals surface area (Å²) in [6.07, 6.45) is 0. The Hall–Kier alpha value is -4.17. The van der Waals surface area contributed by atoms with Crippen LogP contribution in [0.5, 0.6) is 5.75 Å². The van der Waals surface area contributed by atoms with Crippen LogP contribution in [0, 0.1) is 6.92 Å². The highest BCUT2D eigenvalue weighted by Crippen LogP contribution is 2.23. The number of para-hydroxylation sites is 1. The van der Waals surface area contributed by atoms with Crippen molar-refractivity contribution in [1.29, 1.82) is 0 Å². The number of rotatable bonds is 5. The quantitative estimate of drug-likeness (QED) is 0.359. The van der Waals surface area contributed by atoms with E-state index >= 15 is 0 Å². The number of anilines is 2. The van der Waals surface area contributed by atoms with Gasteiger partial charge in [0.2, 0.25) is 0 Å². The maximum atomic E-state index is 12.6. The zero-order valence-corrected chi connectivity index (χ0v) is 18.8. The largest absolute Gasteiger partial charge is 0.497 e. The van der Waals surface area contributed by atoms with E-state index in [1.54, 1.807) is 49.6 Å². The Balaban J connectivity index is 1.37. The van der Waals surface area contributed by atoms with Crippen molar-refractivity contribution < 1.29 is 18.7 Å². The van der Waals surface area contributed by atoms with E-state index in [1.807, 2.05) is 37.3 Å². The fourth-order valence-electron chi connectivity index (χ4n) is 3.24. The minimum absolute atomic E-state index is 0.161. The number of nitrogens with one attached hydrogen (secondary N) is 3. The van der Waals surface area contributed by atoms with E-state index in [0.717, 1.165) is 10.9 Å². The Morgan fingerprint density at radius 1 is 0.909 bits per heavy atom. The molecule has 0 fully saturated rings. The molecule has 0 aliphatic rings. The number of hydrogen-bond donors (Lipinski definition) is 3. The van der Waals surface area contributed by atoms with E-state index in [0.29, 0.717) is 28.3 Å². The molecular formula is C25H21N3O4S. The number of benzene rings is 3. The third-order valence-electron chi connectivity index (χ3n) is 4.96. The molecule has 33 heavy (non-hydrogen) atoms. The highest BCUT2D eigenvalue weighted by Gasteiger charge is 2.14. The first-order valence-electron chi connectivity index (χ1n) is 10.1. The Bertz CT molecular complexity index is 1310. The molecule has 1 aromatic heterocycles. The SMILES string of the molecule is COc1ccc(C(=O)NC(=S)Nc2ccc(NC(=O)c3cc4ccccc4o3)c(C)c2)cc1. The van der Waals surface area contributed by atoms with Crippen LogP contribution in [0.4, 0.5) is 11.4 Å². The number of hydrogen-bond acceptors (Lipinski definition) is 5. The van der Waals surface area contributed by atoms with Crippen LogP contribution in [-0.4, -0.2) is 24.0 Å². The molecule has 2 amide bonds. The van der Waals surface area contributed by atoms with Crippen LogP contribution < -0.4 is 20.7 Å². The third-order valence-corrected chi connectivity index (χ3v) is 5.17. The molecule has 0 aliphatic carbocycles. The predicted octanol–water partition coefficient (Wildman–Crippen LogP) is 5.13. The number of methoxy groups -OCH3 is 1. The Morgan fingerprint density at radius 3 is 2.36 bits per heavy atom. The van der Waals surface area contributed by atoms with Crippen LogP contribution >= 0.6 is 12.2 Å². The van der Waals surface area contributed by atoms with Crippen molar-refractivity contribution in [3.63, 3.8) is 0 Å². The van der Waals surface area contributed by atoms with Gasteiger partial charge in [0.15, 0.2) is 10.9 Å². The van der Waals surface area contributed by atoms with Gasteiger partial charge in [-0.15, -0.1) is 0 Å². The van der Waals surface area contributed by atoms with Gasteiger partial charge in [-0.05, 0) is 79.3 Å². The molecule has 0 unspecified atom stereocenters. The summed E-state index contributed by atoms with van der Waals surface area (Å²) in [4.78, 5) is 24.9. The minimum atomic E-state index is -0.336. The van der Waals surface area contributed by atoms with Crippen molar-refractivity contribution in [2.75, 3.05) is 17.7 Å². The maximum Gasteiger partial charge on any atom is 0.291 e. The summed E-state index contributed by atoms with van der Waals surface area (Å²) >= 11 is 5.25. The average molecular weight is 460 g/mol. The second-order valence-electron chi connectivity index (χ2n) is 7.27. The molecule has 7 nitrogen and oxygen atoms in total. The summed E-state index contributed by atoms with van der Waals surface area (Å²) in [5.74, 6) is 0.231. The third kappa shape index (κ3) is 5.19. The minimum Gasteiger partial charge on any atom is -0.497 e. The van der Waals surface area contributed by atoms with Gasteiger partial charge < -0.3 is 19.8 Å². The lowest BCUT2D eigenvalue weighted by Crippen LogP contribution is -2.34. The van der Waals surface area contributed by atoms with E-state index in [-0.39, 0.29) is 22.7 Å². The Kier molecular flexibility index (Phi) is 6.37. The lowest BCUT2D eigenvalue weighted by atomic mass is 10.1. The monoisotopic (exact) mass is 459 g/mol. The van der Waals surface area contributed by atoms with Gasteiger partial charge in [0, 0.05) is 22.3 Å². The summed E-state index contributed by atoms with van der Waals surface area (Å²) in [7, 11) is 1.56. The van der Waals surface area contributed by atoms with Crippen molar-refractivity contribution in [1.82, 2.24) is 5.32 Å². The Labute approximate surface area is 195 Å². The molecule has 0 spiro atoms. The van der Waals surface area contributed by atoms with E-state index in [1.165, 1.54) is 0 Å². The van der Waals surface area contributed by atoms with E-state index in [2.05, 4.69) is 16.0 Å². The second kappa shape index (κ2) is 9.54. The van der Waals surface area contributed by atoms with Crippen molar-refractivity contribution in [2.45, 2.75) is 6.92 Å². The Morgan fingerprint density at radius 2 is 1.67 bits per heavy atom. The van der Waals surface area contributed by atoms with Gasteiger partial charge >= 0.3 is 0 Å². The zero-order chi connectivity index (χ0) is 23.4. The standard InChI is InChI=1S/C25H21N3O4S/c1-15-13-18(26-25(33)28-23(29)16-7-10-19(31-2)11-8-16)9-12-20(15)27-24(30)22-14-17-5-3-4-6-21(17)32-22/h3-14H,1-2H3,(H,27,30)(H2,26,28,29,33). The highest BCUT2D eigenvalue weighted by molar-refractivity contribution is 7.80. The van der Waals surface area contributed by atoms with Crippen LogP contribution in [0.2, 0.25) is 0 Å². The van der Waals surface area contributed by atoms with Crippen LogP contribution in [0.15, 0.2) is 77.2 Å². The average Bonchev–Trinajstić information content (AvgIpc) is 3.25. The second-order valence-corrected chi connectivity index (χ2v) is 7.68. The molecule has 3 N–H and O–H groups in total. The molecule has 1 heterocycles. The smallest absolute Gasteiger partial charge is 0.291 e. The molecule has 8 heteroatoms. The fourth-order valence-corrected chi connectivity index (χ4v) is 3.45. The van der Waals surface area contributed by atoms with Gasteiger partial charge in [0.25, 0.3) is 11.8 Å². The van der Waals surface area contributed by atoms with Gasteiger partial charge in [-0.1, -0.05) is 18.2 Å². The number of carbonyl (C=O) groups is 2. The number of thiocarbonyl (C=S) groups is 1. The molecule has 166 valence electrons. The van der Waals surface area contributed by atoms with Crippen LogP contribution in [0.3, 0.4) is 0 Å². The van der Waals surface area contributed by atoms with Crippen molar-refractivity contribution in [3.05, 3.63) is 89.7 Å². The zero-order valence-electron chi connectivity index (χ0n) is 18.0. The van der Waals surface area contributed by atoms with Gasteiger partial charge in [0.1, 0.15) is 11.3 Å². The van der Waals surface area contributed by atoms with Crippen LogP contribution in [-0.2, 0) is 0 Å². The van der Waals surface area contributed by atoms with Crippen molar-refractivity contribution in [2.24, 2.45) is 0 Å². The lowest BCUT2D eigenvalue weighted by molar-refractivity contribution is 0.0975. The number of ether oxygens (including phenoxy) is 1. The first kappa shape index (κ1) is 22.0. The van der Waals surface area contributed by atoms with Gasteiger partial charge in [0.05, 0.1) is 7.11 Å². The topological polar surface area (TPSA) is 92.6 Å². The summed E-state index contributed by atoms with van der Waals surface area (Å²) < 4.78 is 10.7. The molecule has 0 saturated carbocycles. The lowest BCUT2D eigenvalue weighted by Gasteiger charge is -2.13. The number of fused-ring (bicyclic) bond motifs is 1. The molecule has 0 atom stereocenters. The summed E-state index contributed by atoms with van der Waals surface area (Å²) in [5.41, 5.74) is 3.24. The highest BCUT2D eigenvalue weighted by atomic mass is 32.1.